The first-order chi connectivity index (χ1) is 10.5. The van der Waals surface area contributed by atoms with E-state index in [9.17, 15) is 4.79 Å². The van der Waals surface area contributed by atoms with Gasteiger partial charge in [0.1, 0.15) is 5.56 Å². The lowest BCUT2D eigenvalue weighted by atomic mass is 10.2. The van der Waals surface area contributed by atoms with Gasteiger partial charge < -0.3 is 5.32 Å². The maximum absolute atomic E-state index is 12.5. The minimum absolute atomic E-state index is 0.202. The second-order valence-electron chi connectivity index (χ2n) is 5.25. The molecule has 0 saturated carbocycles. The van der Waals surface area contributed by atoms with Crippen molar-refractivity contribution in [3.05, 3.63) is 56.5 Å². The van der Waals surface area contributed by atoms with E-state index in [2.05, 4.69) is 38.0 Å². The first kappa shape index (κ1) is 15.0. The first-order valence-electron chi connectivity index (χ1n) is 6.85. The van der Waals surface area contributed by atoms with Gasteiger partial charge in [-0.05, 0) is 67.1 Å². The third-order valence-electron chi connectivity index (χ3n) is 3.45. The standard InChI is InChI=1S/C16H15IN4O/c1-9-4-5-12(7-14(9)17)20-16(22)13-8-18-21-11(3)6-10(2)19-15(13)21/h4-8H,1-3H3,(H,20,22). The number of fused-ring (bicyclic) bond motifs is 1. The van der Waals surface area contributed by atoms with E-state index < -0.39 is 0 Å². The zero-order chi connectivity index (χ0) is 15.9. The van der Waals surface area contributed by atoms with Gasteiger partial charge >= 0.3 is 0 Å². The molecule has 1 amide bonds. The van der Waals surface area contributed by atoms with Gasteiger partial charge in [0.05, 0.1) is 6.20 Å². The Morgan fingerprint density at radius 1 is 1.23 bits per heavy atom. The van der Waals surface area contributed by atoms with Crippen molar-refractivity contribution in [3.63, 3.8) is 0 Å². The highest BCUT2D eigenvalue weighted by atomic mass is 127. The molecular formula is C16H15IN4O. The second-order valence-corrected chi connectivity index (χ2v) is 6.41. The number of aromatic nitrogens is 3. The Labute approximate surface area is 141 Å². The number of nitrogens with zero attached hydrogens (tertiary/aromatic N) is 3. The first-order valence-corrected chi connectivity index (χ1v) is 7.93. The highest BCUT2D eigenvalue weighted by Gasteiger charge is 2.15. The molecule has 0 bridgehead atoms. The van der Waals surface area contributed by atoms with Gasteiger partial charge in [-0.1, -0.05) is 6.07 Å². The van der Waals surface area contributed by atoms with Crippen molar-refractivity contribution in [2.75, 3.05) is 5.32 Å². The summed E-state index contributed by atoms with van der Waals surface area (Å²) in [7, 11) is 0. The lowest BCUT2D eigenvalue weighted by molar-refractivity contribution is 0.102. The van der Waals surface area contributed by atoms with Gasteiger partial charge in [0, 0.05) is 20.6 Å². The second kappa shape index (κ2) is 5.68. The SMILES string of the molecule is Cc1cc(C)n2ncc(C(=O)Nc3ccc(C)c(I)c3)c2n1. The monoisotopic (exact) mass is 406 g/mol. The largest absolute Gasteiger partial charge is 0.322 e. The molecule has 2 heterocycles. The molecule has 0 aliphatic carbocycles. The molecular weight excluding hydrogens is 391 g/mol. The fourth-order valence-electron chi connectivity index (χ4n) is 2.30. The molecule has 0 radical (unpaired) electrons. The van der Waals surface area contributed by atoms with E-state index in [1.807, 2.05) is 45.0 Å². The van der Waals surface area contributed by atoms with Gasteiger partial charge in [0.25, 0.3) is 5.91 Å². The summed E-state index contributed by atoms with van der Waals surface area (Å²) in [5.41, 5.74) is 4.82. The number of anilines is 1. The van der Waals surface area contributed by atoms with E-state index in [0.29, 0.717) is 11.2 Å². The van der Waals surface area contributed by atoms with Crippen molar-refractivity contribution in [2.24, 2.45) is 0 Å². The third-order valence-corrected chi connectivity index (χ3v) is 4.61. The van der Waals surface area contributed by atoms with E-state index >= 15 is 0 Å². The van der Waals surface area contributed by atoms with Crippen LogP contribution in [0.3, 0.4) is 0 Å². The Morgan fingerprint density at radius 2 is 2.00 bits per heavy atom. The number of rotatable bonds is 2. The Hall–Kier alpha value is -1.96. The van der Waals surface area contributed by atoms with Crippen LogP contribution in [-0.2, 0) is 0 Å². The van der Waals surface area contributed by atoms with Crippen LogP contribution in [0, 0.1) is 24.3 Å². The number of nitrogens with one attached hydrogen (secondary N) is 1. The molecule has 5 nitrogen and oxygen atoms in total. The Kier molecular flexibility index (Phi) is 3.86. The van der Waals surface area contributed by atoms with Crippen LogP contribution in [0.5, 0.6) is 0 Å². The van der Waals surface area contributed by atoms with Gasteiger partial charge in [0.2, 0.25) is 0 Å². The molecule has 0 saturated heterocycles. The highest BCUT2D eigenvalue weighted by molar-refractivity contribution is 14.1. The van der Waals surface area contributed by atoms with Crippen LogP contribution in [0.25, 0.3) is 5.65 Å². The normalized spacial score (nSPS) is 10.9. The summed E-state index contributed by atoms with van der Waals surface area (Å²) < 4.78 is 2.79. The number of benzene rings is 1. The molecule has 3 aromatic rings. The molecule has 22 heavy (non-hydrogen) atoms. The lowest BCUT2D eigenvalue weighted by Gasteiger charge is -2.06. The minimum atomic E-state index is -0.202. The Balaban J connectivity index is 1.97. The summed E-state index contributed by atoms with van der Waals surface area (Å²) >= 11 is 2.25. The zero-order valence-corrected chi connectivity index (χ0v) is 14.7. The zero-order valence-electron chi connectivity index (χ0n) is 12.5. The third kappa shape index (κ3) is 2.70. The van der Waals surface area contributed by atoms with Crippen molar-refractivity contribution in [2.45, 2.75) is 20.8 Å². The number of halogens is 1. The van der Waals surface area contributed by atoms with E-state index in [4.69, 9.17) is 0 Å². The number of carbonyl (C=O) groups is 1. The van der Waals surface area contributed by atoms with Gasteiger partial charge in [0.15, 0.2) is 5.65 Å². The summed E-state index contributed by atoms with van der Waals surface area (Å²) in [6.45, 7) is 5.89. The van der Waals surface area contributed by atoms with Crippen LogP contribution in [0.4, 0.5) is 5.69 Å². The number of aryl methyl sites for hydroxylation is 3. The average molecular weight is 406 g/mol. The molecule has 2 aromatic heterocycles. The van der Waals surface area contributed by atoms with E-state index in [1.54, 1.807) is 10.7 Å². The van der Waals surface area contributed by atoms with Crippen molar-refractivity contribution in [3.8, 4) is 0 Å². The molecule has 1 N–H and O–H groups in total. The quantitative estimate of drug-likeness (QED) is 0.663. The number of hydrogen-bond acceptors (Lipinski definition) is 3. The Bertz CT molecular complexity index is 885. The molecule has 112 valence electrons. The number of hydrogen-bond donors (Lipinski definition) is 1. The van der Waals surface area contributed by atoms with Crippen LogP contribution in [0.1, 0.15) is 27.3 Å². The molecule has 3 rings (SSSR count). The van der Waals surface area contributed by atoms with Gasteiger partial charge in [-0.15, -0.1) is 0 Å². The number of amides is 1. The summed E-state index contributed by atoms with van der Waals surface area (Å²) in [5, 5.41) is 7.15. The van der Waals surface area contributed by atoms with Crippen LogP contribution >= 0.6 is 22.6 Å². The predicted molar refractivity (Wildman–Crippen MR) is 94.3 cm³/mol. The fraction of sp³-hybridized carbons (Fsp3) is 0.188. The minimum Gasteiger partial charge on any atom is -0.322 e. The molecule has 1 aromatic carbocycles. The highest BCUT2D eigenvalue weighted by Crippen LogP contribution is 2.19. The lowest BCUT2D eigenvalue weighted by Crippen LogP contribution is -2.12. The van der Waals surface area contributed by atoms with Crippen molar-refractivity contribution in [1.29, 1.82) is 0 Å². The average Bonchev–Trinajstić information content (AvgIpc) is 2.87. The van der Waals surface area contributed by atoms with E-state index in [0.717, 1.165) is 20.6 Å². The van der Waals surface area contributed by atoms with Crippen molar-refractivity contribution in [1.82, 2.24) is 14.6 Å². The molecule has 6 heteroatoms. The summed E-state index contributed by atoms with van der Waals surface area (Å²) in [6, 6.07) is 7.76. The van der Waals surface area contributed by atoms with Crippen LogP contribution in [0.2, 0.25) is 0 Å². The smallest absolute Gasteiger partial charge is 0.261 e. The maximum Gasteiger partial charge on any atom is 0.261 e. The molecule has 0 unspecified atom stereocenters. The van der Waals surface area contributed by atoms with Crippen molar-refractivity contribution < 1.29 is 4.79 Å². The topological polar surface area (TPSA) is 59.3 Å². The fourth-order valence-corrected chi connectivity index (χ4v) is 2.81. The van der Waals surface area contributed by atoms with Crippen LogP contribution in [0.15, 0.2) is 30.5 Å². The van der Waals surface area contributed by atoms with E-state index in [-0.39, 0.29) is 5.91 Å². The molecule has 0 aliphatic rings. The summed E-state index contributed by atoms with van der Waals surface area (Å²) in [4.78, 5) is 16.9. The number of carbonyl (C=O) groups excluding carboxylic acids is 1. The molecule has 0 fully saturated rings. The van der Waals surface area contributed by atoms with Crippen molar-refractivity contribution >= 4 is 39.8 Å². The molecule has 0 atom stereocenters. The van der Waals surface area contributed by atoms with Gasteiger partial charge in [-0.25, -0.2) is 9.50 Å². The predicted octanol–water partition coefficient (Wildman–Crippen LogP) is 3.51. The van der Waals surface area contributed by atoms with E-state index in [1.165, 1.54) is 5.56 Å². The molecule has 0 aliphatic heterocycles. The Morgan fingerprint density at radius 3 is 2.73 bits per heavy atom. The van der Waals surface area contributed by atoms with Gasteiger partial charge in [-0.3, -0.25) is 4.79 Å². The summed E-state index contributed by atoms with van der Waals surface area (Å²) in [6.07, 6.45) is 1.56. The van der Waals surface area contributed by atoms with Gasteiger partial charge in [-0.2, -0.15) is 5.10 Å². The van der Waals surface area contributed by atoms with Crippen LogP contribution < -0.4 is 5.32 Å². The van der Waals surface area contributed by atoms with Crippen LogP contribution in [-0.4, -0.2) is 20.5 Å². The summed E-state index contributed by atoms with van der Waals surface area (Å²) in [5.74, 6) is -0.202. The maximum atomic E-state index is 12.5. The molecule has 0 spiro atoms.